The van der Waals surface area contributed by atoms with Crippen molar-refractivity contribution in [1.82, 2.24) is 9.38 Å². The van der Waals surface area contributed by atoms with Gasteiger partial charge in [-0.2, -0.15) is 5.10 Å². The maximum atomic E-state index is 10.7. The molecule has 0 aliphatic heterocycles. The van der Waals surface area contributed by atoms with Gasteiger partial charge >= 0.3 is 0 Å². The number of rotatable bonds is 4. The van der Waals surface area contributed by atoms with Gasteiger partial charge in [-0.05, 0) is 6.07 Å². The van der Waals surface area contributed by atoms with Gasteiger partial charge in [-0.15, -0.1) is 11.3 Å². The number of nitrogens with zero attached hydrogens (tertiary/aromatic N) is 4. The number of benzene rings is 1. The third-order valence-corrected chi connectivity index (χ3v) is 3.73. The lowest BCUT2D eigenvalue weighted by Gasteiger charge is -1.99. The second kappa shape index (κ2) is 5.51. The van der Waals surface area contributed by atoms with E-state index in [0.717, 1.165) is 4.96 Å². The molecule has 106 valence electrons. The minimum absolute atomic E-state index is 0.00203. The summed E-state index contributed by atoms with van der Waals surface area (Å²) in [4.78, 5) is 15.2. The van der Waals surface area contributed by atoms with Crippen LogP contribution in [0.2, 0.25) is 5.15 Å². The monoisotopic (exact) mass is 321 g/mol. The van der Waals surface area contributed by atoms with Crippen LogP contribution >= 0.6 is 22.9 Å². The fourth-order valence-electron chi connectivity index (χ4n) is 1.75. The van der Waals surface area contributed by atoms with Crippen LogP contribution in [0.5, 0.6) is 0 Å². The third-order valence-electron chi connectivity index (χ3n) is 2.69. The molecule has 0 unspecified atom stereocenters. The fraction of sp³-hybridized carbons (Fsp3) is 0. The predicted octanol–water partition coefficient (Wildman–Crippen LogP) is 3.40. The molecule has 2 heterocycles. The number of fused-ring (bicyclic) bond motifs is 1. The molecule has 0 aliphatic carbocycles. The summed E-state index contributed by atoms with van der Waals surface area (Å²) in [5.41, 5.74) is 3.89. The summed E-state index contributed by atoms with van der Waals surface area (Å²) in [5.74, 6) is 0. The molecule has 1 aromatic carbocycles. The Kier molecular flexibility index (Phi) is 3.55. The van der Waals surface area contributed by atoms with E-state index < -0.39 is 4.92 Å². The number of halogens is 1. The Morgan fingerprint density at radius 1 is 1.52 bits per heavy atom. The number of nitro benzene ring substituents is 1. The largest absolute Gasteiger partial charge is 0.288 e. The summed E-state index contributed by atoms with van der Waals surface area (Å²) in [7, 11) is 0. The number of hydrogen-bond donors (Lipinski definition) is 1. The zero-order valence-corrected chi connectivity index (χ0v) is 12.0. The highest BCUT2D eigenvalue weighted by Gasteiger charge is 2.09. The van der Waals surface area contributed by atoms with Gasteiger partial charge in [0.15, 0.2) is 10.1 Å². The van der Waals surface area contributed by atoms with Crippen molar-refractivity contribution in [3.8, 4) is 0 Å². The molecular weight excluding hydrogens is 314 g/mol. The first-order valence-electron chi connectivity index (χ1n) is 5.80. The summed E-state index contributed by atoms with van der Waals surface area (Å²) in [6.45, 7) is 0. The maximum Gasteiger partial charge on any atom is 0.271 e. The van der Waals surface area contributed by atoms with Gasteiger partial charge in [0, 0.05) is 23.7 Å². The lowest BCUT2D eigenvalue weighted by molar-refractivity contribution is -0.384. The highest BCUT2D eigenvalue weighted by Crippen LogP contribution is 2.20. The number of non-ortho nitro benzene ring substituents is 1. The van der Waals surface area contributed by atoms with Gasteiger partial charge in [-0.25, -0.2) is 4.98 Å². The smallest absolute Gasteiger partial charge is 0.271 e. The number of anilines is 1. The molecule has 0 saturated carbocycles. The van der Waals surface area contributed by atoms with Crippen molar-refractivity contribution in [2.45, 2.75) is 0 Å². The molecular formula is C12H8ClN5O2S. The number of thiazole rings is 1. The Bertz CT molecular complexity index is 841. The van der Waals surface area contributed by atoms with Crippen molar-refractivity contribution in [3.05, 3.63) is 56.8 Å². The minimum Gasteiger partial charge on any atom is -0.288 e. The Labute approximate surface area is 127 Å². The molecule has 0 radical (unpaired) electrons. The summed E-state index contributed by atoms with van der Waals surface area (Å²) >= 11 is 7.49. The van der Waals surface area contributed by atoms with Crippen molar-refractivity contribution >= 4 is 45.5 Å². The van der Waals surface area contributed by atoms with Crippen LogP contribution in [0.3, 0.4) is 0 Å². The van der Waals surface area contributed by atoms with E-state index >= 15 is 0 Å². The molecule has 0 atom stereocenters. The highest BCUT2D eigenvalue weighted by molar-refractivity contribution is 7.15. The Hall–Kier alpha value is -2.45. The average molecular weight is 322 g/mol. The van der Waals surface area contributed by atoms with E-state index in [0.29, 0.717) is 16.5 Å². The normalized spacial score (nSPS) is 11.3. The lowest BCUT2D eigenvalue weighted by atomic mass is 10.3. The van der Waals surface area contributed by atoms with Gasteiger partial charge in [0.25, 0.3) is 5.69 Å². The van der Waals surface area contributed by atoms with E-state index in [1.165, 1.54) is 29.7 Å². The van der Waals surface area contributed by atoms with Crippen molar-refractivity contribution in [2.24, 2.45) is 5.10 Å². The second-order valence-corrected chi connectivity index (χ2v) is 5.25. The first-order valence-corrected chi connectivity index (χ1v) is 7.05. The minimum atomic E-state index is -0.461. The second-order valence-electron chi connectivity index (χ2n) is 4.02. The molecule has 9 heteroatoms. The van der Waals surface area contributed by atoms with Gasteiger partial charge in [-0.3, -0.25) is 19.9 Å². The Morgan fingerprint density at radius 3 is 3.19 bits per heavy atom. The van der Waals surface area contributed by atoms with Crippen LogP contribution < -0.4 is 5.43 Å². The molecule has 2 aromatic heterocycles. The molecule has 1 N–H and O–H groups in total. The van der Waals surface area contributed by atoms with Crippen molar-refractivity contribution < 1.29 is 4.92 Å². The lowest BCUT2D eigenvalue weighted by Crippen LogP contribution is -1.95. The molecule has 0 amide bonds. The first kappa shape index (κ1) is 13.5. The maximum absolute atomic E-state index is 10.7. The number of nitrogens with one attached hydrogen (secondary N) is 1. The number of imidazole rings is 1. The van der Waals surface area contributed by atoms with Crippen molar-refractivity contribution in [2.75, 3.05) is 5.43 Å². The number of hydrazone groups is 1. The highest BCUT2D eigenvalue weighted by atomic mass is 35.5. The summed E-state index contributed by atoms with van der Waals surface area (Å²) < 4.78 is 1.81. The van der Waals surface area contributed by atoms with Crippen LogP contribution in [0.1, 0.15) is 5.69 Å². The third kappa shape index (κ3) is 2.71. The molecule has 0 saturated heterocycles. The van der Waals surface area contributed by atoms with E-state index in [-0.39, 0.29) is 5.69 Å². The molecule has 0 spiro atoms. The summed E-state index contributed by atoms with van der Waals surface area (Å²) in [5, 5.41) is 17.0. The molecule has 7 nitrogen and oxygen atoms in total. The van der Waals surface area contributed by atoms with E-state index in [2.05, 4.69) is 15.5 Å². The van der Waals surface area contributed by atoms with Crippen LogP contribution in [0.25, 0.3) is 4.96 Å². The number of nitro groups is 1. The molecule has 0 fully saturated rings. The number of hydrogen-bond acceptors (Lipinski definition) is 6. The summed E-state index contributed by atoms with van der Waals surface area (Å²) in [6, 6.07) is 6.08. The van der Waals surface area contributed by atoms with Crippen LogP contribution in [0, 0.1) is 10.1 Å². The Morgan fingerprint density at radius 2 is 2.38 bits per heavy atom. The van der Waals surface area contributed by atoms with Crippen LogP contribution in [0.4, 0.5) is 11.4 Å². The molecule has 21 heavy (non-hydrogen) atoms. The van der Waals surface area contributed by atoms with Gasteiger partial charge < -0.3 is 0 Å². The van der Waals surface area contributed by atoms with Gasteiger partial charge in [0.2, 0.25) is 0 Å². The standard InChI is InChI=1S/C12H8ClN5O2S/c13-11-10(17-4-5-21-12(17)15-11)7-14-16-8-2-1-3-9(6-8)18(19)20/h1-7,16H/b14-7-. The zero-order chi connectivity index (χ0) is 14.8. The van der Waals surface area contributed by atoms with Crippen molar-refractivity contribution in [3.63, 3.8) is 0 Å². The van der Waals surface area contributed by atoms with E-state index in [1.807, 2.05) is 16.0 Å². The quantitative estimate of drug-likeness (QED) is 0.453. The predicted molar refractivity (Wildman–Crippen MR) is 82.4 cm³/mol. The van der Waals surface area contributed by atoms with Crippen LogP contribution in [0.15, 0.2) is 40.9 Å². The zero-order valence-electron chi connectivity index (χ0n) is 10.4. The Balaban J connectivity index is 1.81. The fourth-order valence-corrected chi connectivity index (χ4v) is 2.74. The SMILES string of the molecule is O=[N+]([O-])c1cccc(N/N=C\c2c(Cl)nc3sccn23)c1. The summed E-state index contributed by atoms with van der Waals surface area (Å²) in [6.07, 6.45) is 3.36. The van der Waals surface area contributed by atoms with Gasteiger partial charge in [0.1, 0.15) is 5.69 Å². The topological polar surface area (TPSA) is 84.8 Å². The average Bonchev–Trinajstić information content (AvgIpc) is 3.01. The molecule has 0 aliphatic rings. The number of aromatic nitrogens is 2. The van der Waals surface area contributed by atoms with E-state index in [4.69, 9.17) is 11.6 Å². The molecule has 3 rings (SSSR count). The van der Waals surface area contributed by atoms with Crippen LogP contribution in [-0.2, 0) is 0 Å². The molecule has 0 bridgehead atoms. The van der Waals surface area contributed by atoms with Crippen LogP contribution in [-0.4, -0.2) is 20.5 Å². The first-order chi connectivity index (χ1) is 10.1. The van der Waals surface area contributed by atoms with E-state index in [9.17, 15) is 10.1 Å². The van der Waals surface area contributed by atoms with Gasteiger partial charge in [0.05, 0.1) is 16.8 Å². The molecule has 3 aromatic rings. The van der Waals surface area contributed by atoms with E-state index in [1.54, 1.807) is 12.1 Å². The van der Waals surface area contributed by atoms with Gasteiger partial charge in [-0.1, -0.05) is 17.7 Å². The van der Waals surface area contributed by atoms with Crippen molar-refractivity contribution in [1.29, 1.82) is 0 Å².